The second-order valence-electron chi connectivity index (χ2n) is 3.87. The molecule has 2 aromatic rings. The van der Waals surface area contributed by atoms with Gasteiger partial charge in [0.25, 0.3) is 0 Å². The lowest BCUT2D eigenvalue weighted by Gasteiger charge is -2.19. The first-order valence-corrected chi connectivity index (χ1v) is 7.92. The van der Waals surface area contributed by atoms with Gasteiger partial charge in [-0.3, -0.25) is 0 Å². The molecule has 0 aliphatic carbocycles. The predicted octanol–water partition coefficient (Wildman–Crippen LogP) is 4.73. The molecule has 1 aromatic heterocycles. The highest BCUT2D eigenvalue weighted by molar-refractivity contribution is 9.11. The van der Waals surface area contributed by atoms with E-state index in [2.05, 4.69) is 37.2 Å². The lowest BCUT2D eigenvalue weighted by Crippen LogP contribution is -2.17. The highest BCUT2D eigenvalue weighted by Gasteiger charge is 2.20. The van der Waals surface area contributed by atoms with Crippen molar-refractivity contribution in [2.24, 2.45) is 0 Å². The Morgan fingerprint density at radius 1 is 1.32 bits per heavy atom. The third kappa shape index (κ3) is 3.18. The third-order valence-corrected chi connectivity index (χ3v) is 5.05. The molecule has 19 heavy (non-hydrogen) atoms. The van der Waals surface area contributed by atoms with E-state index >= 15 is 0 Å². The van der Waals surface area contributed by atoms with Gasteiger partial charge in [-0.2, -0.15) is 0 Å². The van der Waals surface area contributed by atoms with Gasteiger partial charge < -0.3 is 10.1 Å². The van der Waals surface area contributed by atoms with Crippen molar-refractivity contribution in [3.63, 3.8) is 0 Å². The van der Waals surface area contributed by atoms with Crippen molar-refractivity contribution < 1.29 is 9.13 Å². The fourth-order valence-corrected chi connectivity index (χ4v) is 3.79. The summed E-state index contributed by atoms with van der Waals surface area (Å²) in [7, 11) is 3.41. The molecule has 0 saturated carbocycles. The van der Waals surface area contributed by atoms with Gasteiger partial charge in [-0.1, -0.05) is 0 Å². The van der Waals surface area contributed by atoms with Crippen molar-refractivity contribution in [3.8, 4) is 5.75 Å². The van der Waals surface area contributed by atoms with Crippen LogP contribution in [0.25, 0.3) is 0 Å². The Balaban J connectivity index is 2.51. The molecule has 1 aromatic carbocycles. The highest BCUT2D eigenvalue weighted by atomic mass is 79.9. The smallest absolute Gasteiger partial charge is 0.141 e. The second kappa shape index (κ2) is 6.35. The molecule has 0 amide bonds. The maximum absolute atomic E-state index is 13.6. The Kier molecular flexibility index (Phi) is 5.00. The highest BCUT2D eigenvalue weighted by Crippen LogP contribution is 2.37. The van der Waals surface area contributed by atoms with Crippen LogP contribution in [0.3, 0.4) is 0 Å². The van der Waals surface area contributed by atoms with Gasteiger partial charge in [0.15, 0.2) is 0 Å². The molecule has 2 nitrogen and oxygen atoms in total. The SMILES string of the molecule is CNC(c1ccc(Br)s1)c1cc(Br)c(F)cc1OC. The lowest BCUT2D eigenvalue weighted by molar-refractivity contribution is 0.401. The molecule has 1 N–H and O–H groups in total. The Bertz CT molecular complexity index is 588. The molecule has 2 rings (SSSR count). The maximum atomic E-state index is 13.6. The molecule has 0 spiro atoms. The van der Waals surface area contributed by atoms with E-state index in [9.17, 15) is 4.39 Å². The molecular weight excluding hydrogens is 397 g/mol. The van der Waals surface area contributed by atoms with Crippen molar-refractivity contribution in [3.05, 3.63) is 48.8 Å². The fraction of sp³-hybridized carbons (Fsp3) is 0.231. The summed E-state index contributed by atoms with van der Waals surface area (Å²) in [5.74, 6) is 0.201. The summed E-state index contributed by atoms with van der Waals surface area (Å²) in [5.41, 5.74) is 0.896. The van der Waals surface area contributed by atoms with Crippen LogP contribution in [0.1, 0.15) is 16.5 Å². The normalized spacial score (nSPS) is 12.5. The number of benzene rings is 1. The van der Waals surface area contributed by atoms with Crippen LogP contribution in [0.4, 0.5) is 4.39 Å². The molecule has 0 aliphatic rings. The average molecular weight is 409 g/mol. The monoisotopic (exact) mass is 407 g/mol. The quantitative estimate of drug-likeness (QED) is 0.789. The number of ether oxygens (including phenoxy) is 1. The van der Waals surface area contributed by atoms with Gasteiger partial charge in [-0.15, -0.1) is 11.3 Å². The van der Waals surface area contributed by atoms with Gasteiger partial charge >= 0.3 is 0 Å². The van der Waals surface area contributed by atoms with E-state index < -0.39 is 0 Å². The van der Waals surface area contributed by atoms with Crippen LogP contribution >= 0.6 is 43.2 Å². The topological polar surface area (TPSA) is 21.3 Å². The fourth-order valence-electron chi connectivity index (χ4n) is 1.88. The Morgan fingerprint density at radius 3 is 2.58 bits per heavy atom. The minimum atomic E-state index is -0.331. The summed E-state index contributed by atoms with van der Waals surface area (Å²) in [4.78, 5) is 1.13. The van der Waals surface area contributed by atoms with E-state index in [0.29, 0.717) is 10.2 Å². The van der Waals surface area contributed by atoms with Gasteiger partial charge in [0.1, 0.15) is 11.6 Å². The van der Waals surface area contributed by atoms with Crippen molar-refractivity contribution in [2.45, 2.75) is 6.04 Å². The maximum Gasteiger partial charge on any atom is 0.141 e. The van der Waals surface area contributed by atoms with E-state index in [4.69, 9.17) is 4.74 Å². The molecule has 1 atom stereocenters. The van der Waals surface area contributed by atoms with Crippen LogP contribution in [-0.2, 0) is 0 Å². The predicted molar refractivity (Wildman–Crippen MR) is 83.6 cm³/mol. The van der Waals surface area contributed by atoms with Crippen molar-refractivity contribution in [1.82, 2.24) is 5.32 Å². The number of nitrogens with one attached hydrogen (secondary N) is 1. The average Bonchev–Trinajstić information content (AvgIpc) is 2.81. The van der Waals surface area contributed by atoms with Crippen molar-refractivity contribution >= 4 is 43.2 Å². The summed E-state index contributed by atoms with van der Waals surface area (Å²) >= 11 is 8.31. The van der Waals surface area contributed by atoms with Crippen LogP contribution in [0.2, 0.25) is 0 Å². The van der Waals surface area contributed by atoms with Crippen LogP contribution in [0.15, 0.2) is 32.5 Å². The van der Waals surface area contributed by atoms with E-state index in [1.54, 1.807) is 24.5 Å². The molecule has 1 heterocycles. The molecule has 102 valence electrons. The van der Waals surface area contributed by atoms with Crippen LogP contribution in [0, 0.1) is 5.82 Å². The van der Waals surface area contributed by atoms with Gasteiger partial charge in [-0.05, 0) is 57.1 Å². The molecule has 0 bridgehead atoms. The van der Waals surface area contributed by atoms with Gasteiger partial charge in [0.05, 0.1) is 21.4 Å². The second-order valence-corrected chi connectivity index (χ2v) is 7.22. The Hall–Kier alpha value is -0.430. The van der Waals surface area contributed by atoms with Crippen LogP contribution in [0.5, 0.6) is 5.75 Å². The number of halogens is 3. The molecular formula is C13H12Br2FNOS. The molecule has 0 aliphatic heterocycles. The standard InChI is InChI=1S/C13H12Br2FNOS/c1-17-13(11-3-4-12(15)19-11)7-5-8(14)9(16)6-10(7)18-2/h3-6,13,17H,1-2H3. The van der Waals surface area contributed by atoms with E-state index in [0.717, 1.165) is 14.2 Å². The van der Waals surface area contributed by atoms with Gasteiger partial charge in [0, 0.05) is 16.5 Å². The van der Waals surface area contributed by atoms with Crippen LogP contribution in [-0.4, -0.2) is 14.2 Å². The number of rotatable bonds is 4. The number of hydrogen-bond donors (Lipinski definition) is 1. The van der Waals surface area contributed by atoms with Gasteiger partial charge in [0.2, 0.25) is 0 Å². The van der Waals surface area contributed by atoms with Crippen LogP contribution < -0.4 is 10.1 Å². The van der Waals surface area contributed by atoms with E-state index in [1.165, 1.54) is 6.07 Å². The first-order chi connectivity index (χ1) is 9.06. The van der Waals surface area contributed by atoms with Crippen molar-refractivity contribution in [2.75, 3.05) is 14.2 Å². The Morgan fingerprint density at radius 2 is 2.05 bits per heavy atom. The van der Waals surface area contributed by atoms with Crippen molar-refractivity contribution in [1.29, 1.82) is 0 Å². The zero-order valence-corrected chi connectivity index (χ0v) is 14.3. The summed E-state index contributed by atoms with van der Waals surface area (Å²) in [6.45, 7) is 0. The number of hydrogen-bond acceptors (Lipinski definition) is 3. The zero-order chi connectivity index (χ0) is 14.0. The Labute approximate surface area is 132 Å². The first-order valence-electron chi connectivity index (χ1n) is 5.52. The number of thiophene rings is 1. The molecule has 0 radical (unpaired) electrons. The minimum Gasteiger partial charge on any atom is -0.496 e. The number of methoxy groups -OCH3 is 1. The van der Waals surface area contributed by atoms with E-state index in [-0.39, 0.29) is 11.9 Å². The molecule has 1 unspecified atom stereocenters. The summed E-state index contributed by atoms with van der Waals surface area (Å²) in [6.07, 6.45) is 0. The lowest BCUT2D eigenvalue weighted by atomic mass is 10.0. The summed E-state index contributed by atoms with van der Waals surface area (Å²) in [6, 6.07) is 7.14. The van der Waals surface area contributed by atoms with Gasteiger partial charge in [-0.25, -0.2) is 4.39 Å². The summed E-state index contributed by atoms with van der Waals surface area (Å²) < 4.78 is 20.3. The zero-order valence-electron chi connectivity index (χ0n) is 10.3. The third-order valence-electron chi connectivity index (χ3n) is 2.75. The summed E-state index contributed by atoms with van der Waals surface area (Å²) in [5, 5.41) is 3.24. The van der Waals surface area contributed by atoms with E-state index in [1.807, 2.05) is 19.2 Å². The molecule has 6 heteroatoms. The molecule has 0 saturated heterocycles. The molecule has 0 fully saturated rings. The largest absolute Gasteiger partial charge is 0.496 e. The minimum absolute atomic E-state index is 0.0388. The first kappa shape index (κ1) is 15.0.